The topological polar surface area (TPSA) is 53.4 Å². The van der Waals surface area contributed by atoms with E-state index in [9.17, 15) is 9.90 Å². The number of aliphatic hydroxyl groups is 1. The summed E-state index contributed by atoms with van der Waals surface area (Å²) >= 11 is 6.06. The number of rotatable bonds is 4. The second-order valence-electron chi connectivity index (χ2n) is 6.84. The highest BCUT2D eigenvalue weighted by Gasteiger charge is 2.41. The van der Waals surface area contributed by atoms with Crippen molar-refractivity contribution >= 4 is 23.1 Å². The zero-order valence-corrected chi connectivity index (χ0v) is 16.1. The van der Waals surface area contributed by atoms with Crippen LogP contribution in [0.2, 0.25) is 5.02 Å². The van der Waals surface area contributed by atoms with Crippen molar-refractivity contribution in [2.75, 3.05) is 0 Å². The zero-order chi connectivity index (χ0) is 19.7. The van der Waals surface area contributed by atoms with E-state index in [1.807, 2.05) is 61.5 Å². The standard InChI is InChI=1S/C23H19ClN2O2/c1-15-5-7-16(8-6-15)20-21(17-9-11-18(24)12-10-17)26(23(28)22(20)27)14-19-4-2-3-13-25-19/h2-13,21,27H,14H2,1H3/t21-/m1/s1. The largest absolute Gasteiger partial charge is 0.503 e. The summed E-state index contributed by atoms with van der Waals surface area (Å²) in [4.78, 5) is 19.0. The lowest BCUT2D eigenvalue weighted by molar-refractivity contribution is -0.130. The summed E-state index contributed by atoms with van der Waals surface area (Å²) in [5, 5.41) is 11.4. The zero-order valence-electron chi connectivity index (χ0n) is 15.3. The van der Waals surface area contributed by atoms with Crippen LogP contribution in [-0.4, -0.2) is 20.9 Å². The van der Waals surface area contributed by atoms with Gasteiger partial charge in [-0.15, -0.1) is 0 Å². The number of carbonyl (C=O) groups is 1. The van der Waals surface area contributed by atoms with Gasteiger partial charge in [0.05, 0.1) is 18.3 Å². The smallest absolute Gasteiger partial charge is 0.290 e. The molecule has 1 aromatic heterocycles. The highest BCUT2D eigenvalue weighted by atomic mass is 35.5. The molecule has 4 rings (SSSR count). The predicted octanol–water partition coefficient (Wildman–Crippen LogP) is 5.10. The summed E-state index contributed by atoms with van der Waals surface area (Å²) in [6.45, 7) is 2.30. The van der Waals surface area contributed by atoms with Gasteiger partial charge in [-0.05, 0) is 42.3 Å². The number of hydrogen-bond acceptors (Lipinski definition) is 3. The van der Waals surface area contributed by atoms with Gasteiger partial charge < -0.3 is 10.0 Å². The van der Waals surface area contributed by atoms with Crippen molar-refractivity contribution in [1.82, 2.24) is 9.88 Å². The fourth-order valence-electron chi connectivity index (χ4n) is 3.50. The molecule has 4 nitrogen and oxygen atoms in total. The van der Waals surface area contributed by atoms with Crippen LogP contribution in [0.4, 0.5) is 0 Å². The van der Waals surface area contributed by atoms with Crippen molar-refractivity contribution in [3.8, 4) is 0 Å². The Balaban J connectivity index is 1.81. The van der Waals surface area contributed by atoms with Gasteiger partial charge in [0.15, 0.2) is 5.76 Å². The SMILES string of the molecule is Cc1ccc(C2=C(O)C(=O)N(Cc3ccccn3)[C@@H]2c2ccc(Cl)cc2)cc1. The van der Waals surface area contributed by atoms with Crippen molar-refractivity contribution in [3.05, 3.63) is 106 Å². The number of aromatic nitrogens is 1. The van der Waals surface area contributed by atoms with E-state index in [1.54, 1.807) is 23.2 Å². The van der Waals surface area contributed by atoms with Crippen LogP contribution in [0.1, 0.15) is 28.4 Å². The van der Waals surface area contributed by atoms with Crippen LogP contribution in [0.3, 0.4) is 0 Å². The van der Waals surface area contributed by atoms with E-state index in [-0.39, 0.29) is 5.76 Å². The molecule has 2 aromatic carbocycles. The molecule has 28 heavy (non-hydrogen) atoms. The van der Waals surface area contributed by atoms with E-state index in [0.717, 1.165) is 22.4 Å². The Bertz CT molecular complexity index is 1030. The van der Waals surface area contributed by atoms with Gasteiger partial charge in [-0.25, -0.2) is 0 Å². The van der Waals surface area contributed by atoms with Crippen LogP contribution in [0.5, 0.6) is 0 Å². The third-order valence-electron chi connectivity index (χ3n) is 4.91. The number of amides is 1. The highest BCUT2D eigenvalue weighted by Crippen LogP contribution is 2.43. The molecule has 1 aliphatic rings. The average Bonchev–Trinajstić information content (AvgIpc) is 2.95. The van der Waals surface area contributed by atoms with Gasteiger partial charge in [0.25, 0.3) is 5.91 Å². The molecular weight excluding hydrogens is 372 g/mol. The summed E-state index contributed by atoms with van der Waals surface area (Å²) in [6.07, 6.45) is 1.70. The number of hydrogen-bond donors (Lipinski definition) is 1. The Morgan fingerprint density at radius 2 is 1.75 bits per heavy atom. The molecule has 1 N–H and O–H groups in total. The average molecular weight is 391 g/mol. The molecule has 1 atom stereocenters. The molecule has 0 saturated heterocycles. The van der Waals surface area contributed by atoms with Crippen molar-refractivity contribution in [3.63, 3.8) is 0 Å². The van der Waals surface area contributed by atoms with Gasteiger partial charge in [0, 0.05) is 16.8 Å². The Labute approximate surface area is 168 Å². The molecule has 0 spiro atoms. The highest BCUT2D eigenvalue weighted by molar-refractivity contribution is 6.30. The molecule has 1 aliphatic heterocycles. The van der Waals surface area contributed by atoms with Crippen molar-refractivity contribution in [2.45, 2.75) is 19.5 Å². The minimum Gasteiger partial charge on any atom is -0.503 e. The first kappa shape index (κ1) is 18.3. The molecule has 0 unspecified atom stereocenters. The van der Waals surface area contributed by atoms with Gasteiger partial charge in [0.1, 0.15) is 0 Å². The van der Waals surface area contributed by atoms with E-state index in [2.05, 4.69) is 4.98 Å². The third-order valence-corrected chi connectivity index (χ3v) is 5.16. The number of aliphatic hydroxyl groups excluding tert-OH is 1. The predicted molar refractivity (Wildman–Crippen MR) is 110 cm³/mol. The number of nitrogens with zero attached hydrogens (tertiary/aromatic N) is 2. The minimum absolute atomic E-state index is 0.222. The lowest BCUT2D eigenvalue weighted by atomic mass is 9.93. The first-order chi connectivity index (χ1) is 13.5. The van der Waals surface area contributed by atoms with Crippen LogP contribution < -0.4 is 0 Å². The van der Waals surface area contributed by atoms with E-state index in [1.165, 1.54) is 0 Å². The van der Waals surface area contributed by atoms with Gasteiger partial charge in [-0.3, -0.25) is 9.78 Å². The monoisotopic (exact) mass is 390 g/mol. The van der Waals surface area contributed by atoms with Crippen LogP contribution in [0.15, 0.2) is 78.7 Å². The second-order valence-corrected chi connectivity index (χ2v) is 7.27. The lowest BCUT2D eigenvalue weighted by Crippen LogP contribution is -2.30. The summed E-state index contributed by atoms with van der Waals surface area (Å²) in [5.74, 6) is -0.624. The first-order valence-electron chi connectivity index (χ1n) is 9.01. The summed E-state index contributed by atoms with van der Waals surface area (Å²) in [6, 6.07) is 20.3. The summed E-state index contributed by atoms with van der Waals surface area (Å²) in [7, 11) is 0. The molecule has 0 saturated carbocycles. The van der Waals surface area contributed by atoms with Crippen molar-refractivity contribution in [1.29, 1.82) is 0 Å². The van der Waals surface area contributed by atoms with E-state index in [0.29, 0.717) is 17.1 Å². The van der Waals surface area contributed by atoms with Gasteiger partial charge in [-0.2, -0.15) is 0 Å². The third kappa shape index (κ3) is 3.39. The van der Waals surface area contributed by atoms with Crippen LogP contribution in [-0.2, 0) is 11.3 Å². The molecule has 0 fully saturated rings. The fraction of sp³-hybridized carbons (Fsp3) is 0.130. The molecule has 0 aliphatic carbocycles. The van der Waals surface area contributed by atoms with E-state index < -0.39 is 11.9 Å². The van der Waals surface area contributed by atoms with Crippen LogP contribution in [0, 0.1) is 6.92 Å². The maximum Gasteiger partial charge on any atom is 0.290 e. The molecule has 1 amide bonds. The van der Waals surface area contributed by atoms with E-state index in [4.69, 9.17) is 11.6 Å². The number of halogens is 1. The van der Waals surface area contributed by atoms with Crippen molar-refractivity contribution in [2.24, 2.45) is 0 Å². The molecule has 2 heterocycles. The normalized spacial score (nSPS) is 16.7. The van der Waals surface area contributed by atoms with Gasteiger partial charge in [-0.1, -0.05) is 59.6 Å². The number of pyridine rings is 1. The maximum atomic E-state index is 13.0. The minimum atomic E-state index is -0.422. The summed E-state index contributed by atoms with van der Waals surface area (Å²) < 4.78 is 0. The summed E-state index contributed by atoms with van der Waals surface area (Å²) in [5.41, 5.74) is 4.17. The number of aryl methyl sites for hydroxylation is 1. The number of benzene rings is 2. The Morgan fingerprint density at radius 1 is 1.04 bits per heavy atom. The Kier molecular flexibility index (Phi) is 4.88. The van der Waals surface area contributed by atoms with Gasteiger partial charge in [0.2, 0.25) is 0 Å². The molecule has 3 aromatic rings. The fourth-order valence-corrected chi connectivity index (χ4v) is 3.63. The second kappa shape index (κ2) is 7.49. The molecule has 140 valence electrons. The molecule has 0 radical (unpaired) electrons. The molecule has 0 bridgehead atoms. The Morgan fingerprint density at radius 3 is 2.39 bits per heavy atom. The van der Waals surface area contributed by atoms with E-state index >= 15 is 0 Å². The van der Waals surface area contributed by atoms with Crippen molar-refractivity contribution < 1.29 is 9.90 Å². The Hall–Kier alpha value is -3.11. The molecular formula is C23H19ClN2O2. The van der Waals surface area contributed by atoms with Crippen LogP contribution in [0.25, 0.3) is 5.57 Å². The lowest BCUT2D eigenvalue weighted by Gasteiger charge is -2.27. The number of carbonyl (C=O) groups excluding carboxylic acids is 1. The quantitative estimate of drug-likeness (QED) is 0.674. The maximum absolute atomic E-state index is 13.0. The van der Waals surface area contributed by atoms with Crippen LogP contribution >= 0.6 is 11.6 Å². The molecule has 5 heteroatoms. The van der Waals surface area contributed by atoms with Gasteiger partial charge >= 0.3 is 0 Å². The first-order valence-corrected chi connectivity index (χ1v) is 9.39.